The summed E-state index contributed by atoms with van der Waals surface area (Å²) in [6, 6.07) is 9.91. The van der Waals surface area contributed by atoms with Gasteiger partial charge in [-0.3, -0.25) is 0 Å². The first-order chi connectivity index (χ1) is 13.2. The Balaban J connectivity index is 1.58. The maximum atomic E-state index is 5.59. The lowest BCUT2D eigenvalue weighted by Crippen LogP contribution is -2.46. The largest absolute Gasteiger partial charge is 0.444 e. The normalized spacial score (nSPS) is 16.0. The topological polar surface area (TPSA) is 71.7 Å². The molecule has 1 fully saturated rings. The smallest absolute Gasteiger partial charge is 0.226 e. The number of aliphatic imine (C=N–C) groups is 1. The van der Waals surface area contributed by atoms with E-state index in [4.69, 9.17) is 9.15 Å². The highest BCUT2D eigenvalue weighted by Crippen LogP contribution is 2.43. The molecule has 0 amide bonds. The number of oxazole rings is 1. The fraction of sp³-hybridized carbons (Fsp3) is 0.524. The van der Waals surface area contributed by atoms with Crippen LogP contribution in [0.3, 0.4) is 0 Å². The molecule has 1 aromatic carbocycles. The minimum Gasteiger partial charge on any atom is -0.444 e. The van der Waals surface area contributed by atoms with Gasteiger partial charge in [0.1, 0.15) is 12.0 Å². The number of rotatable bonds is 9. The lowest BCUT2D eigenvalue weighted by Gasteiger charge is -2.42. The fourth-order valence-electron chi connectivity index (χ4n) is 3.38. The average Bonchev–Trinajstić information content (AvgIpc) is 3.14. The van der Waals surface area contributed by atoms with Gasteiger partial charge < -0.3 is 19.8 Å². The van der Waals surface area contributed by atoms with Crippen molar-refractivity contribution in [2.45, 2.75) is 39.2 Å². The number of benzene rings is 1. The van der Waals surface area contributed by atoms with Crippen LogP contribution in [0.15, 0.2) is 46.0 Å². The number of guanidine groups is 1. The van der Waals surface area contributed by atoms with Crippen molar-refractivity contribution in [3.63, 3.8) is 0 Å². The highest BCUT2D eigenvalue weighted by molar-refractivity contribution is 5.79. The van der Waals surface area contributed by atoms with Crippen molar-refractivity contribution in [2.75, 3.05) is 26.8 Å². The SMILES string of the molecule is CCNC(=NCc1coc(-c2ccccc2)n1)NCC1(CCOC)CCC1. The second-order valence-corrected chi connectivity index (χ2v) is 7.16. The number of nitrogens with one attached hydrogen (secondary N) is 2. The van der Waals surface area contributed by atoms with Crippen LogP contribution in [-0.2, 0) is 11.3 Å². The van der Waals surface area contributed by atoms with Crippen LogP contribution in [0.4, 0.5) is 0 Å². The number of hydrogen-bond donors (Lipinski definition) is 2. The molecule has 1 aliphatic carbocycles. The highest BCUT2D eigenvalue weighted by atomic mass is 16.5. The van der Waals surface area contributed by atoms with Crippen LogP contribution < -0.4 is 10.6 Å². The van der Waals surface area contributed by atoms with Gasteiger partial charge in [-0.15, -0.1) is 0 Å². The molecule has 0 radical (unpaired) electrons. The molecule has 2 aromatic rings. The summed E-state index contributed by atoms with van der Waals surface area (Å²) in [4.78, 5) is 9.22. The van der Waals surface area contributed by atoms with Gasteiger partial charge in [-0.05, 0) is 43.7 Å². The zero-order chi connectivity index (χ0) is 19.0. The molecule has 0 unspecified atom stereocenters. The number of aromatic nitrogens is 1. The Morgan fingerprint density at radius 3 is 2.74 bits per heavy atom. The molecule has 27 heavy (non-hydrogen) atoms. The summed E-state index contributed by atoms with van der Waals surface area (Å²) in [7, 11) is 1.77. The van der Waals surface area contributed by atoms with E-state index in [1.807, 2.05) is 30.3 Å². The number of ether oxygens (including phenoxy) is 1. The Bertz CT molecular complexity index is 723. The predicted molar refractivity (Wildman–Crippen MR) is 108 cm³/mol. The van der Waals surface area contributed by atoms with Crippen molar-refractivity contribution < 1.29 is 9.15 Å². The quantitative estimate of drug-likeness (QED) is 0.521. The van der Waals surface area contributed by atoms with Gasteiger partial charge in [0.15, 0.2) is 5.96 Å². The monoisotopic (exact) mass is 370 g/mol. The molecule has 2 N–H and O–H groups in total. The first kappa shape index (κ1) is 19.4. The summed E-state index contributed by atoms with van der Waals surface area (Å²) >= 11 is 0. The lowest BCUT2D eigenvalue weighted by molar-refractivity contribution is 0.0732. The molecule has 6 nitrogen and oxygen atoms in total. The van der Waals surface area contributed by atoms with Gasteiger partial charge in [-0.2, -0.15) is 0 Å². The summed E-state index contributed by atoms with van der Waals surface area (Å²) in [5, 5.41) is 6.82. The number of hydrogen-bond acceptors (Lipinski definition) is 4. The molecule has 0 spiro atoms. The Morgan fingerprint density at radius 2 is 2.07 bits per heavy atom. The number of methoxy groups -OCH3 is 1. The molecule has 6 heteroatoms. The Morgan fingerprint density at radius 1 is 1.26 bits per heavy atom. The second-order valence-electron chi connectivity index (χ2n) is 7.16. The molecule has 0 saturated heterocycles. The van der Waals surface area contributed by atoms with Crippen LogP contribution in [0, 0.1) is 5.41 Å². The van der Waals surface area contributed by atoms with Gasteiger partial charge in [-0.25, -0.2) is 9.98 Å². The maximum absolute atomic E-state index is 5.59. The van der Waals surface area contributed by atoms with Crippen LogP contribution >= 0.6 is 0 Å². The van der Waals surface area contributed by atoms with E-state index >= 15 is 0 Å². The van der Waals surface area contributed by atoms with Gasteiger partial charge in [0.25, 0.3) is 0 Å². The Kier molecular flexibility index (Phi) is 6.87. The molecule has 0 aliphatic heterocycles. The molecule has 1 heterocycles. The van der Waals surface area contributed by atoms with E-state index < -0.39 is 0 Å². The van der Waals surface area contributed by atoms with Crippen molar-refractivity contribution in [1.82, 2.24) is 15.6 Å². The zero-order valence-electron chi connectivity index (χ0n) is 16.3. The second kappa shape index (κ2) is 9.55. The fourth-order valence-corrected chi connectivity index (χ4v) is 3.38. The van der Waals surface area contributed by atoms with E-state index in [1.54, 1.807) is 13.4 Å². The molecular formula is C21H30N4O2. The van der Waals surface area contributed by atoms with Crippen molar-refractivity contribution in [1.29, 1.82) is 0 Å². The molecule has 0 bridgehead atoms. The van der Waals surface area contributed by atoms with Crippen molar-refractivity contribution >= 4 is 5.96 Å². The van der Waals surface area contributed by atoms with Crippen molar-refractivity contribution in [3.05, 3.63) is 42.3 Å². The van der Waals surface area contributed by atoms with Gasteiger partial charge in [0, 0.05) is 32.4 Å². The zero-order valence-corrected chi connectivity index (χ0v) is 16.3. The Labute approximate surface area is 161 Å². The average molecular weight is 370 g/mol. The minimum atomic E-state index is 0.348. The molecule has 146 valence electrons. The van der Waals surface area contributed by atoms with Crippen molar-refractivity contribution in [2.24, 2.45) is 10.4 Å². The molecule has 1 aromatic heterocycles. The van der Waals surface area contributed by atoms with E-state index in [0.717, 1.165) is 43.3 Å². The summed E-state index contributed by atoms with van der Waals surface area (Å²) < 4.78 is 10.9. The standard InChI is InChI=1S/C21H30N4O2/c1-3-22-20(24-16-21(10-7-11-21)12-13-26-2)23-14-18-15-27-19(25-18)17-8-5-4-6-9-17/h4-6,8-9,15H,3,7,10-14,16H2,1-2H3,(H2,22,23,24). The third-order valence-corrected chi connectivity index (χ3v) is 5.20. The van der Waals surface area contributed by atoms with Crippen LogP contribution in [0.2, 0.25) is 0 Å². The van der Waals surface area contributed by atoms with Crippen molar-refractivity contribution in [3.8, 4) is 11.5 Å². The van der Waals surface area contributed by atoms with Crippen LogP contribution in [-0.4, -0.2) is 37.7 Å². The highest BCUT2D eigenvalue weighted by Gasteiger charge is 2.36. The van der Waals surface area contributed by atoms with E-state index in [-0.39, 0.29) is 0 Å². The first-order valence-corrected chi connectivity index (χ1v) is 9.76. The molecular weight excluding hydrogens is 340 g/mol. The summed E-state index contributed by atoms with van der Waals surface area (Å²) in [5.74, 6) is 1.46. The molecule has 3 rings (SSSR count). The van der Waals surface area contributed by atoms with E-state index in [9.17, 15) is 0 Å². The number of nitrogens with zero attached hydrogens (tertiary/aromatic N) is 2. The molecule has 1 saturated carbocycles. The summed E-state index contributed by atoms with van der Waals surface area (Å²) in [6.45, 7) is 5.12. The Hall–Kier alpha value is -2.34. The summed E-state index contributed by atoms with van der Waals surface area (Å²) in [5.41, 5.74) is 2.15. The van der Waals surface area contributed by atoms with Gasteiger partial charge in [0.05, 0.1) is 6.54 Å². The van der Waals surface area contributed by atoms with E-state index in [1.165, 1.54) is 19.3 Å². The minimum absolute atomic E-state index is 0.348. The van der Waals surface area contributed by atoms with E-state index in [2.05, 4.69) is 27.5 Å². The lowest BCUT2D eigenvalue weighted by atomic mass is 9.67. The van der Waals surface area contributed by atoms with Crippen LogP contribution in [0.25, 0.3) is 11.5 Å². The third kappa shape index (κ3) is 5.32. The van der Waals surface area contributed by atoms with Crippen LogP contribution in [0.1, 0.15) is 38.3 Å². The van der Waals surface area contributed by atoms with Gasteiger partial charge >= 0.3 is 0 Å². The molecule has 1 aliphatic rings. The maximum Gasteiger partial charge on any atom is 0.226 e. The molecule has 0 atom stereocenters. The van der Waals surface area contributed by atoms with Gasteiger partial charge in [0.2, 0.25) is 5.89 Å². The summed E-state index contributed by atoms with van der Waals surface area (Å²) in [6.07, 6.45) is 6.60. The third-order valence-electron chi connectivity index (χ3n) is 5.20. The predicted octanol–water partition coefficient (Wildman–Crippen LogP) is 3.60. The van der Waals surface area contributed by atoms with E-state index in [0.29, 0.717) is 17.9 Å². The first-order valence-electron chi connectivity index (χ1n) is 9.76. The van der Waals surface area contributed by atoms with Gasteiger partial charge in [-0.1, -0.05) is 24.6 Å². The van der Waals surface area contributed by atoms with Crippen LogP contribution in [0.5, 0.6) is 0 Å².